The van der Waals surface area contributed by atoms with Gasteiger partial charge < -0.3 is 10.2 Å². The minimum atomic E-state index is -0.0442. The lowest BCUT2D eigenvalue weighted by atomic mass is 10.3. The molecule has 1 saturated heterocycles. The molecule has 0 saturated carbocycles. The number of aryl methyl sites for hydroxylation is 1. The first-order valence-electron chi connectivity index (χ1n) is 8.10. The second-order valence-electron chi connectivity index (χ2n) is 5.99. The van der Waals surface area contributed by atoms with Crippen LogP contribution in [-0.2, 0) is 11.8 Å². The monoisotopic (exact) mass is 341 g/mol. The zero-order valence-corrected chi connectivity index (χ0v) is 13.9. The van der Waals surface area contributed by atoms with Crippen LogP contribution in [0.1, 0.15) is 0 Å². The highest BCUT2D eigenvalue weighted by atomic mass is 16.2. The molecule has 1 aliphatic rings. The van der Waals surface area contributed by atoms with Gasteiger partial charge in [0.1, 0.15) is 12.1 Å². The standard InChI is InChI=1S/C15H19N9O/c1-21-5-3-12(20-21)18-13(25)10-22-6-8-23(9-7-22)14-2-4-16-15-19-17-11-24(14)15/h2-5,11H,6-10H2,1H3,(H,18,20,25). The highest BCUT2D eigenvalue weighted by Gasteiger charge is 2.21. The van der Waals surface area contributed by atoms with Crippen molar-refractivity contribution in [3.8, 4) is 0 Å². The molecule has 0 spiro atoms. The summed E-state index contributed by atoms with van der Waals surface area (Å²) in [6.45, 7) is 3.63. The fraction of sp³-hybridized carbons (Fsp3) is 0.400. The Morgan fingerprint density at radius 3 is 2.84 bits per heavy atom. The van der Waals surface area contributed by atoms with Gasteiger partial charge in [-0.1, -0.05) is 0 Å². The van der Waals surface area contributed by atoms with Gasteiger partial charge in [0.15, 0.2) is 5.82 Å². The maximum atomic E-state index is 12.1. The molecule has 10 heteroatoms. The second-order valence-corrected chi connectivity index (χ2v) is 5.99. The van der Waals surface area contributed by atoms with Gasteiger partial charge in [0.25, 0.3) is 5.78 Å². The number of hydrogen-bond acceptors (Lipinski definition) is 7. The summed E-state index contributed by atoms with van der Waals surface area (Å²) in [6, 6.07) is 3.74. The maximum absolute atomic E-state index is 12.1. The van der Waals surface area contributed by atoms with E-state index in [-0.39, 0.29) is 5.91 Å². The molecule has 3 aromatic rings. The average molecular weight is 341 g/mol. The molecule has 1 N–H and O–H groups in total. The van der Waals surface area contributed by atoms with Crippen LogP contribution in [0.5, 0.6) is 0 Å². The Bertz CT molecular complexity index is 878. The van der Waals surface area contributed by atoms with Gasteiger partial charge in [0.05, 0.1) is 6.54 Å². The summed E-state index contributed by atoms with van der Waals surface area (Å²) in [6.07, 6.45) is 5.21. The van der Waals surface area contributed by atoms with Gasteiger partial charge >= 0.3 is 0 Å². The van der Waals surface area contributed by atoms with E-state index in [1.165, 1.54) is 0 Å². The number of carbonyl (C=O) groups excluding carboxylic acids is 1. The summed E-state index contributed by atoms with van der Waals surface area (Å²) >= 11 is 0. The first-order valence-corrected chi connectivity index (χ1v) is 8.10. The molecule has 1 fully saturated rings. The number of anilines is 2. The molecule has 0 aliphatic carbocycles. The number of nitrogens with one attached hydrogen (secondary N) is 1. The number of hydrogen-bond donors (Lipinski definition) is 1. The molecule has 0 aromatic carbocycles. The second kappa shape index (κ2) is 6.48. The van der Waals surface area contributed by atoms with Crippen LogP contribution in [0.15, 0.2) is 30.9 Å². The highest BCUT2D eigenvalue weighted by molar-refractivity contribution is 5.91. The third-order valence-electron chi connectivity index (χ3n) is 4.23. The molecule has 4 heterocycles. The first kappa shape index (κ1) is 15.5. The van der Waals surface area contributed by atoms with Gasteiger partial charge in [-0.3, -0.25) is 18.8 Å². The van der Waals surface area contributed by atoms with Gasteiger partial charge in [-0.15, -0.1) is 10.2 Å². The van der Waals surface area contributed by atoms with Gasteiger partial charge in [-0.05, 0) is 6.07 Å². The van der Waals surface area contributed by atoms with E-state index in [1.54, 1.807) is 29.5 Å². The molecular weight excluding hydrogens is 322 g/mol. The van der Waals surface area contributed by atoms with Crippen molar-refractivity contribution in [1.29, 1.82) is 0 Å². The van der Waals surface area contributed by atoms with Crippen LogP contribution < -0.4 is 10.2 Å². The lowest BCUT2D eigenvalue weighted by Crippen LogP contribution is -2.49. The van der Waals surface area contributed by atoms with Crippen molar-refractivity contribution >= 4 is 23.3 Å². The zero-order valence-electron chi connectivity index (χ0n) is 13.9. The van der Waals surface area contributed by atoms with Crippen molar-refractivity contribution in [2.75, 3.05) is 42.9 Å². The molecule has 3 aromatic heterocycles. The summed E-state index contributed by atoms with van der Waals surface area (Å²) in [5.41, 5.74) is 0. The van der Waals surface area contributed by atoms with E-state index in [4.69, 9.17) is 0 Å². The zero-order chi connectivity index (χ0) is 17.2. The molecule has 10 nitrogen and oxygen atoms in total. The normalized spacial score (nSPS) is 15.6. The lowest BCUT2D eigenvalue weighted by molar-refractivity contribution is -0.117. The fourth-order valence-corrected chi connectivity index (χ4v) is 2.99. The Balaban J connectivity index is 1.34. The number of rotatable bonds is 4. The minimum absolute atomic E-state index is 0.0442. The van der Waals surface area contributed by atoms with Crippen LogP contribution in [0.2, 0.25) is 0 Å². The third kappa shape index (κ3) is 3.29. The van der Waals surface area contributed by atoms with Crippen molar-refractivity contribution in [2.24, 2.45) is 7.05 Å². The Labute approximate surface area is 144 Å². The molecule has 1 amide bonds. The van der Waals surface area contributed by atoms with E-state index < -0.39 is 0 Å². The van der Waals surface area contributed by atoms with Crippen molar-refractivity contribution in [3.63, 3.8) is 0 Å². The number of amides is 1. The molecule has 1 aliphatic heterocycles. The molecular formula is C15H19N9O. The van der Waals surface area contributed by atoms with E-state index in [0.29, 0.717) is 18.1 Å². The number of piperazine rings is 1. The Hall–Kier alpha value is -3.01. The predicted molar refractivity (Wildman–Crippen MR) is 91.3 cm³/mol. The largest absolute Gasteiger partial charge is 0.355 e. The van der Waals surface area contributed by atoms with Gasteiger partial charge in [0, 0.05) is 51.7 Å². The number of nitrogens with zero attached hydrogens (tertiary/aromatic N) is 8. The maximum Gasteiger partial charge on any atom is 0.256 e. The smallest absolute Gasteiger partial charge is 0.256 e. The number of aromatic nitrogens is 6. The van der Waals surface area contributed by atoms with Crippen molar-refractivity contribution < 1.29 is 4.79 Å². The summed E-state index contributed by atoms with van der Waals surface area (Å²) in [5, 5.41) is 14.9. The van der Waals surface area contributed by atoms with Gasteiger partial charge in [-0.25, -0.2) is 4.98 Å². The lowest BCUT2D eigenvalue weighted by Gasteiger charge is -2.35. The number of carbonyl (C=O) groups is 1. The minimum Gasteiger partial charge on any atom is -0.355 e. The Kier molecular flexibility index (Phi) is 4.02. The van der Waals surface area contributed by atoms with Crippen LogP contribution in [0, 0.1) is 0 Å². The molecule has 25 heavy (non-hydrogen) atoms. The van der Waals surface area contributed by atoms with Crippen LogP contribution >= 0.6 is 0 Å². The highest BCUT2D eigenvalue weighted by Crippen LogP contribution is 2.16. The van der Waals surface area contributed by atoms with E-state index in [0.717, 1.165) is 32.0 Å². The molecule has 0 radical (unpaired) electrons. The molecule has 0 bridgehead atoms. The summed E-state index contributed by atoms with van der Waals surface area (Å²) in [5.74, 6) is 2.15. The van der Waals surface area contributed by atoms with Gasteiger partial charge in [-0.2, -0.15) is 5.10 Å². The van der Waals surface area contributed by atoms with Crippen molar-refractivity contribution in [3.05, 3.63) is 30.9 Å². The average Bonchev–Trinajstić information content (AvgIpc) is 3.24. The molecule has 4 rings (SSSR count). The molecule has 130 valence electrons. The van der Waals surface area contributed by atoms with Gasteiger partial charge in [0.2, 0.25) is 5.91 Å². The van der Waals surface area contributed by atoms with Crippen LogP contribution in [0.25, 0.3) is 5.78 Å². The van der Waals surface area contributed by atoms with Crippen LogP contribution in [0.3, 0.4) is 0 Å². The van der Waals surface area contributed by atoms with Crippen LogP contribution in [0.4, 0.5) is 11.6 Å². The Morgan fingerprint density at radius 1 is 1.24 bits per heavy atom. The van der Waals surface area contributed by atoms with Crippen LogP contribution in [-0.4, -0.2) is 72.9 Å². The SMILES string of the molecule is Cn1ccc(NC(=O)CN2CCN(c3ccnc4nncn34)CC2)n1. The third-order valence-corrected chi connectivity index (χ3v) is 4.23. The quantitative estimate of drug-likeness (QED) is 0.691. The predicted octanol–water partition coefficient (Wildman–Crippen LogP) is -0.381. The van der Waals surface area contributed by atoms with Crippen molar-refractivity contribution in [1.82, 2.24) is 34.3 Å². The Morgan fingerprint density at radius 2 is 2.08 bits per heavy atom. The topological polar surface area (TPSA) is 96.5 Å². The fourth-order valence-electron chi connectivity index (χ4n) is 2.99. The van der Waals surface area contributed by atoms with Crippen molar-refractivity contribution in [2.45, 2.75) is 0 Å². The first-order chi connectivity index (χ1) is 12.2. The van der Waals surface area contributed by atoms with E-state index >= 15 is 0 Å². The number of fused-ring (bicyclic) bond motifs is 1. The summed E-state index contributed by atoms with van der Waals surface area (Å²) in [4.78, 5) is 20.7. The molecule has 0 unspecified atom stereocenters. The molecule has 0 atom stereocenters. The summed E-state index contributed by atoms with van der Waals surface area (Å²) in [7, 11) is 1.82. The summed E-state index contributed by atoms with van der Waals surface area (Å²) < 4.78 is 3.54. The van der Waals surface area contributed by atoms with E-state index in [9.17, 15) is 4.79 Å². The van der Waals surface area contributed by atoms with E-state index in [2.05, 4.69) is 35.4 Å². The van der Waals surface area contributed by atoms with E-state index in [1.807, 2.05) is 17.5 Å².